The van der Waals surface area contributed by atoms with Crippen LogP contribution in [0.3, 0.4) is 0 Å². The van der Waals surface area contributed by atoms with E-state index in [0.29, 0.717) is 12.0 Å². The van der Waals surface area contributed by atoms with E-state index in [2.05, 4.69) is 53.1 Å². The second-order valence-corrected chi connectivity index (χ2v) is 5.70. The Balaban J connectivity index is 2.75. The third-order valence-corrected chi connectivity index (χ3v) is 3.48. The first-order valence-electron chi connectivity index (χ1n) is 6.45. The van der Waals surface area contributed by atoms with E-state index in [0.717, 1.165) is 23.1 Å². The maximum atomic E-state index is 5.62. The predicted octanol–water partition coefficient (Wildman–Crippen LogP) is 3.04. The molecule has 0 aliphatic heterocycles. The van der Waals surface area contributed by atoms with E-state index in [-0.39, 0.29) is 6.10 Å². The normalized spacial score (nSPS) is 14.8. The summed E-state index contributed by atoms with van der Waals surface area (Å²) in [7, 11) is 1.78. The molecule has 0 spiro atoms. The van der Waals surface area contributed by atoms with Crippen LogP contribution < -0.4 is 5.32 Å². The number of likely N-dealkylation sites (N-methyl/N-ethyl adjacent to an activating group) is 1. The van der Waals surface area contributed by atoms with E-state index in [4.69, 9.17) is 4.74 Å². The zero-order valence-electron chi connectivity index (χ0n) is 11.6. The minimum atomic E-state index is 0.204. The lowest BCUT2D eigenvalue weighted by molar-refractivity contribution is 0.0334. The number of methoxy groups -OCH3 is 1. The molecule has 2 atom stereocenters. The second kappa shape index (κ2) is 7.87. The van der Waals surface area contributed by atoms with Crippen LogP contribution in [0.5, 0.6) is 0 Å². The number of hydrogen-bond donors (Lipinski definition) is 1. The second-order valence-electron chi connectivity index (χ2n) is 4.78. The van der Waals surface area contributed by atoms with E-state index in [9.17, 15) is 0 Å². The van der Waals surface area contributed by atoms with Crippen LogP contribution in [0, 0.1) is 5.92 Å². The molecule has 0 radical (unpaired) electrons. The van der Waals surface area contributed by atoms with Gasteiger partial charge in [0, 0.05) is 35.9 Å². The summed E-state index contributed by atoms with van der Waals surface area (Å²) < 4.78 is 6.64. The highest BCUT2D eigenvalue weighted by Gasteiger charge is 2.24. The topological polar surface area (TPSA) is 34.2 Å². The van der Waals surface area contributed by atoms with Crippen LogP contribution in [0.1, 0.15) is 26.5 Å². The Bertz CT molecular complexity index is 340. The van der Waals surface area contributed by atoms with Crippen molar-refractivity contribution in [1.82, 2.24) is 10.3 Å². The molecule has 3 nitrogen and oxygen atoms in total. The number of halogens is 1. The highest BCUT2D eigenvalue weighted by Crippen LogP contribution is 2.15. The van der Waals surface area contributed by atoms with Crippen molar-refractivity contribution in [2.75, 3.05) is 13.7 Å². The van der Waals surface area contributed by atoms with Gasteiger partial charge in [-0.15, -0.1) is 0 Å². The number of aromatic nitrogens is 1. The fraction of sp³-hybridized carbons (Fsp3) is 0.643. The Kier molecular flexibility index (Phi) is 6.82. The molecule has 2 unspecified atom stereocenters. The molecule has 0 aromatic carbocycles. The van der Waals surface area contributed by atoms with Crippen LogP contribution in [-0.4, -0.2) is 30.8 Å². The highest BCUT2D eigenvalue weighted by molar-refractivity contribution is 9.10. The smallest absolute Gasteiger partial charge is 0.0750 e. The average Bonchev–Trinajstić information content (AvgIpc) is 2.32. The van der Waals surface area contributed by atoms with Crippen LogP contribution in [0.2, 0.25) is 0 Å². The van der Waals surface area contributed by atoms with Crippen LogP contribution in [0.4, 0.5) is 0 Å². The van der Waals surface area contributed by atoms with Crippen molar-refractivity contribution < 1.29 is 4.74 Å². The lowest BCUT2D eigenvalue weighted by atomic mass is 9.95. The summed E-state index contributed by atoms with van der Waals surface area (Å²) in [6.07, 6.45) is 2.93. The molecule has 1 aromatic heterocycles. The van der Waals surface area contributed by atoms with Gasteiger partial charge in [-0.05, 0) is 40.5 Å². The summed E-state index contributed by atoms with van der Waals surface area (Å²) in [5.74, 6) is 0.481. The van der Waals surface area contributed by atoms with E-state index in [1.807, 2.05) is 12.3 Å². The third kappa shape index (κ3) is 4.67. The summed E-state index contributed by atoms with van der Waals surface area (Å²) in [6.45, 7) is 7.43. The van der Waals surface area contributed by atoms with Crippen molar-refractivity contribution in [2.24, 2.45) is 5.92 Å². The number of nitrogens with one attached hydrogen (secondary N) is 1. The first kappa shape index (κ1) is 15.6. The van der Waals surface area contributed by atoms with Crippen LogP contribution >= 0.6 is 15.9 Å². The monoisotopic (exact) mass is 314 g/mol. The van der Waals surface area contributed by atoms with Gasteiger partial charge < -0.3 is 10.1 Å². The molecular formula is C14H23BrN2O. The number of rotatable bonds is 7. The van der Waals surface area contributed by atoms with Gasteiger partial charge in [0.25, 0.3) is 0 Å². The zero-order chi connectivity index (χ0) is 13.5. The van der Waals surface area contributed by atoms with Gasteiger partial charge in [-0.25, -0.2) is 0 Å². The number of nitrogens with zero attached hydrogens (tertiary/aromatic N) is 1. The minimum Gasteiger partial charge on any atom is -0.380 e. The molecule has 4 heteroatoms. The summed E-state index contributed by atoms with van der Waals surface area (Å²) in [4.78, 5) is 4.43. The molecule has 102 valence electrons. The Hall–Kier alpha value is -0.450. The number of ether oxygens (including phenoxy) is 1. The van der Waals surface area contributed by atoms with Crippen molar-refractivity contribution in [3.8, 4) is 0 Å². The molecule has 0 bridgehead atoms. The molecule has 0 saturated carbocycles. The van der Waals surface area contributed by atoms with Crippen LogP contribution in [0.25, 0.3) is 0 Å². The molecule has 0 amide bonds. The van der Waals surface area contributed by atoms with E-state index < -0.39 is 0 Å². The summed E-state index contributed by atoms with van der Waals surface area (Å²) in [6, 6.07) is 4.39. The van der Waals surface area contributed by atoms with Crippen LogP contribution in [0.15, 0.2) is 22.8 Å². The van der Waals surface area contributed by atoms with Gasteiger partial charge in [-0.2, -0.15) is 0 Å². The van der Waals surface area contributed by atoms with Crippen molar-refractivity contribution in [3.05, 3.63) is 28.5 Å². The molecule has 1 heterocycles. The predicted molar refractivity (Wildman–Crippen MR) is 78.7 cm³/mol. The quantitative estimate of drug-likeness (QED) is 0.840. The molecule has 1 N–H and O–H groups in total. The lowest BCUT2D eigenvalue weighted by Crippen LogP contribution is -2.45. The third-order valence-electron chi connectivity index (χ3n) is 3.01. The zero-order valence-corrected chi connectivity index (χ0v) is 13.2. The molecule has 0 aliphatic carbocycles. The Labute approximate surface area is 118 Å². The van der Waals surface area contributed by atoms with Gasteiger partial charge in [0.15, 0.2) is 0 Å². The molecule has 0 saturated heterocycles. The first-order chi connectivity index (χ1) is 8.58. The lowest BCUT2D eigenvalue weighted by Gasteiger charge is -2.29. The van der Waals surface area contributed by atoms with Gasteiger partial charge in [-0.1, -0.05) is 20.8 Å². The maximum Gasteiger partial charge on any atom is 0.0750 e. The van der Waals surface area contributed by atoms with E-state index in [1.165, 1.54) is 0 Å². The Morgan fingerprint density at radius 3 is 2.56 bits per heavy atom. The number of pyridine rings is 1. The van der Waals surface area contributed by atoms with Gasteiger partial charge in [-0.3, -0.25) is 4.98 Å². The summed E-state index contributed by atoms with van der Waals surface area (Å²) in [5.41, 5.74) is 1.09. The molecule has 1 rings (SSSR count). The Morgan fingerprint density at radius 1 is 1.39 bits per heavy atom. The van der Waals surface area contributed by atoms with Gasteiger partial charge >= 0.3 is 0 Å². The van der Waals surface area contributed by atoms with Gasteiger partial charge in [0.05, 0.1) is 6.10 Å². The molecule has 0 aliphatic rings. The standard InChI is InChI=1S/C14H23BrN2O/c1-5-16-13(14(18-4)10(2)3)8-12-7-6-11(15)9-17-12/h6-7,9-10,13-14,16H,5,8H2,1-4H3. The van der Waals surface area contributed by atoms with Crippen molar-refractivity contribution in [2.45, 2.75) is 39.3 Å². The van der Waals surface area contributed by atoms with Crippen molar-refractivity contribution in [3.63, 3.8) is 0 Å². The summed E-state index contributed by atoms with van der Waals surface area (Å²) in [5, 5.41) is 3.50. The van der Waals surface area contributed by atoms with Crippen LogP contribution in [-0.2, 0) is 11.2 Å². The molecule has 18 heavy (non-hydrogen) atoms. The van der Waals surface area contributed by atoms with Gasteiger partial charge in [0.2, 0.25) is 0 Å². The van der Waals surface area contributed by atoms with Crippen molar-refractivity contribution in [1.29, 1.82) is 0 Å². The fourth-order valence-electron chi connectivity index (χ4n) is 2.22. The minimum absolute atomic E-state index is 0.204. The SMILES string of the molecule is CCNC(Cc1ccc(Br)cn1)C(OC)C(C)C. The highest BCUT2D eigenvalue weighted by atomic mass is 79.9. The fourth-order valence-corrected chi connectivity index (χ4v) is 2.45. The number of hydrogen-bond acceptors (Lipinski definition) is 3. The van der Waals surface area contributed by atoms with Crippen molar-refractivity contribution >= 4 is 15.9 Å². The molecule has 0 fully saturated rings. The Morgan fingerprint density at radius 2 is 2.11 bits per heavy atom. The largest absolute Gasteiger partial charge is 0.380 e. The van der Waals surface area contributed by atoms with E-state index >= 15 is 0 Å². The average molecular weight is 315 g/mol. The maximum absolute atomic E-state index is 5.62. The first-order valence-corrected chi connectivity index (χ1v) is 7.24. The molecule has 1 aromatic rings. The van der Waals surface area contributed by atoms with Gasteiger partial charge in [0.1, 0.15) is 0 Å². The van der Waals surface area contributed by atoms with E-state index in [1.54, 1.807) is 7.11 Å². The molecular weight excluding hydrogens is 292 g/mol. The summed E-state index contributed by atoms with van der Waals surface area (Å²) >= 11 is 3.41.